The maximum Gasteiger partial charge on any atom is 0.243 e. The van der Waals surface area contributed by atoms with Crippen LogP contribution in [0.2, 0.25) is 0 Å². The molecule has 0 spiro atoms. The summed E-state index contributed by atoms with van der Waals surface area (Å²) >= 11 is 0. The first-order valence-electron chi connectivity index (χ1n) is 9.51. The highest BCUT2D eigenvalue weighted by Gasteiger charge is 2.34. The molecule has 0 aliphatic carbocycles. The molecule has 0 radical (unpaired) electrons. The molecule has 9 heteroatoms. The Morgan fingerprint density at radius 1 is 1.18 bits per heavy atom. The van der Waals surface area contributed by atoms with Crippen molar-refractivity contribution in [3.8, 4) is 0 Å². The number of piperidine rings is 1. The van der Waals surface area contributed by atoms with Gasteiger partial charge in [-0.1, -0.05) is 32.0 Å². The fourth-order valence-electron chi connectivity index (χ4n) is 3.20. The molecule has 1 fully saturated rings. The number of hydrogen-bond donors (Lipinski definition) is 3. The van der Waals surface area contributed by atoms with E-state index in [0.717, 1.165) is 0 Å². The summed E-state index contributed by atoms with van der Waals surface area (Å²) in [4.78, 5) is 25.0. The lowest BCUT2D eigenvalue weighted by molar-refractivity contribution is -0.132. The van der Waals surface area contributed by atoms with Gasteiger partial charge in [-0.3, -0.25) is 9.59 Å². The van der Waals surface area contributed by atoms with Crippen molar-refractivity contribution in [1.29, 1.82) is 0 Å². The monoisotopic (exact) mass is 411 g/mol. The van der Waals surface area contributed by atoms with E-state index in [1.165, 1.54) is 4.31 Å². The lowest BCUT2D eigenvalue weighted by Crippen LogP contribution is -2.52. The van der Waals surface area contributed by atoms with Crippen LogP contribution in [0.5, 0.6) is 0 Å². The summed E-state index contributed by atoms with van der Waals surface area (Å²) in [6, 6.07) is 7.56. The van der Waals surface area contributed by atoms with Crippen molar-refractivity contribution in [1.82, 2.24) is 14.9 Å². The fraction of sp³-hybridized carbons (Fsp3) is 0.579. The molecule has 2 amide bonds. The number of hydrogen-bond acceptors (Lipinski definition) is 5. The van der Waals surface area contributed by atoms with Crippen LogP contribution in [0.4, 0.5) is 0 Å². The van der Waals surface area contributed by atoms with Crippen LogP contribution in [0, 0.1) is 11.8 Å². The standard InChI is InChI=1S/C19H29N3O5S/c1-14(2)17(19(25)20-10-13-23)21-18(24)15-8-11-22(12-9-15)28(26,27)16-6-4-3-5-7-16/h3-7,14-15,17,23H,8-13H2,1-2H3,(H,20,25)(H,21,24)/t17-/m1/s1. The first-order valence-corrected chi connectivity index (χ1v) is 11.0. The number of carbonyl (C=O) groups is 2. The molecule has 8 nitrogen and oxygen atoms in total. The van der Waals surface area contributed by atoms with E-state index >= 15 is 0 Å². The molecular formula is C19H29N3O5S. The van der Waals surface area contributed by atoms with E-state index in [2.05, 4.69) is 10.6 Å². The summed E-state index contributed by atoms with van der Waals surface area (Å²) < 4.78 is 26.7. The van der Waals surface area contributed by atoms with Crippen molar-refractivity contribution in [2.24, 2.45) is 11.8 Å². The Morgan fingerprint density at radius 2 is 1.79 bits per heavy atom. The van der Waals surface area contributed by atoms with E-state index in [1.807, 2.05) is 13.8 Å². The van der Waals surface area contributed by atoms with Gasteiger partial charge < -0.3 is 15.7 Å². The summed E-state index contributed by atoms with van der Waals surface area (Å²) in [5.41, 5.74) is 0. The SMILES string of the molecule is CC(C)[C@@H](NC(=O)C1CCN(S(=O)(=O)c2ccccc2)CC1)C(=O)NCCO. The highest BCUT2D eigenvalue weighted by molar-refractivity contribution is 7.89. The number of nitrogens with one attached hydrogen (secondary N) is 2. The van der Waals surface area contributed by atoms with Crippen LogP contribution in [0.25, 0.3) is 0 Å². The van der Waals surface area contributed by atoms with E-state index in [4.69, 9.17) is 5.11 Å². The molecule has 0 bridgehead atoms. The van der Waals surface area contributed by atoms with Crippen LogP contribution in [0.3, 0.4) is 0 Å². The van der Waals surface area contributed by atoms with Crippen LogP contribution in [-0.2, 0) is 19.6 Å². The third-order valence-electron chi connectivity index (χ3n) is 4.86. The van der Waals surface area contributed by atoms with Gasteiger partial charge in [0.05, 0.1) is 11.5 Å². The molecule has 1 aliphatic rings. The van der Waals surface area contributed by atoms with E-state index in [0.29, 0.717) is 12.8 Å². The van der Waals surface area contributed by atoms with Crippen molar-refractivity contribution in [3.05, 3.63) is 30.3 Å². The minimum atomic E-state index is -3.56. The Balaban J connectivity index is 1.95. The fourth-order valence-corrected chi connectivity index (χ4v) is 4.69. The van der Waals surface area contributed by atoms with Gasteiger partial charge in [-0.2, -0.15) is 4.31 Å². The Bertz CT molecular complexity index is 759. The zero-order valence-corrected chi connectivity index (χ0v) is 17.1. The average Bonchev–Trinajstić information content (AvgIpc) is 2.70. The van der Waals surface area contributed by atoms with Gasteiger partial charge in [-0.05, 0) is 30.9 Å². The van der Waals surface area contributed by atoms with Gasteiger partial charge in [-0.15, -0.1) is 0 Å². The van der Waals surface area contributed by atoms with Crippen LogP contribution in [0.1, 0.15) is 26.7 Å². The van der Waals surface area contributed by atoms with Crippen molar-refractivity contribution in [2.75, 3.05) is 26.2 Å². The Kier molecular flexibility index (Phi) is 7.97. The highest BCUT2D eigenvalue weighted by atomic mass is 32.2. The van der Waals surface area contributed by atoms with Crippen molar-refractivity contribution in [3.63, 3.8) is 0 Å². The topological polar surface area (TPSA) is 116 Å². The van der Waals surface area contributed by atoms with Crippen molar-refractivity contribution < 1.29 is 23.1 Å². The van der Waals surface area contributed by atoms with Gasteiger partial charge in [0.15, 0.2) is 0 Å². The molecule has 1 aromatic carbocycles. The van der Waals surface area contributed by atoms with E-state index in [-0.39, 0.29) is 54.8 Å². The summed E-state index contributed by atoms with van der Waals surface area (Å²) in [5.74, 6) is -1.02. The minimum Gasteiger partial charge on any atom is -0.395 e. The average molecular weight is 412 g/mol. The Labute approximate surface area is 166 Å². The number of aliphatic hydroxyl groups is 1. The predicted molar refractivity (Wildman–Crippen MR) is 105 cm³/mol. The van der Waals surface area contributed by atoms with Crippen molar-refractivity contribution >= 4 is 21.8 Å². The Hall–Kier alpha value is -1.97. The highest BCUT2D eigenvalue weighted by Crippen LogP contribution is 2.24. The quantitative estimate of drug-likeness (QED) is 0.570. The number of benzene rings is 1. The molecule has 1 atom stereocenters. The second-order valence-electron chi connectivity index (χ2n) is 7.24. The number of carbonyl (C=O) groups excluding carboxylic acids is 2. The van der Waals surface area contributed by atoms with Crippen LogP contribution in [0.15, 0.2) is 35.2 Å². The maximum atomic E-state index is 12.7. The molecule has 0 saturated carbocycles. The third kappa shape index (κ3) is 5.52. The molecule has 1 saturated heterocycles. The normalized spacial score (nSPS) is 17.3. The third-order valence-corrected chi connectivity index (χ3v) is 6.78. The number of nitrogens with zero attached hydrogens (tertiary/aromatic N) is 1. The molecule has 28 heavy (non-hydrogen) atoms. The summed E-state index contributed by atoms with van der Waals surface area (Å²) in [6.45, 7) is 4.15. The largest absolute Gasteiger partial charge is 0.395 e. The summed E-state index contributed by atoms with van der Waals surface area (Å²) in [5, 5.41) is 14.2. The molecule has 0 unspecified atom stereocenters. The lowest BCUT2D eigenvalue weighted by atomic mass is 9.95. The lowest BCUT2D eigenvalue weighted by Gasteiger charge is -2.32. The second kappa shape index (κ2) is 9.99. The number of amides is 2. The number of aliphatic hydroxyl groups excluding tert-OH is 1. The number of rotatable bonds is 8. The minimum absolute atomic E-state index is 0.110. The second-order valence-corrected chi connectivity index (χ2v) is 9.17. The number of sulfonamides is 1. The first kappa shape index (κ1) is 22.3. The predicted octanol–water partition coefficient (Wildman–Crippen LogP) is 0.337. The molecule has 2 rings (SSSR count). The molecule has 156 valence electrons. The van der Waals surface area contributed by atoms with Gasteiger partial charge >= 0.3 is 0 Å². The van der Waals surface area contributed by atoms with Crippen LogP contribution >= 0.6 is 0 Å². The molecule has 1 heterocycles. The van der Waals surface area contributed by atoms with Gasteiger partial charge in [0.2, 0.25) is 21.8 Å². The van der Waals surface area contributed by atoms with Crippen LogP contribution < -0.4 is 10.6 Å². The summed E-state index contributed by atoms with van der Waals surface area (Å²) in [7, 11) is -3.56. The zero-order valence-electron chi connectivity index (χ0n) is 16.3. The molecule has 1 aliphatic heterocycles. The van der Waals surface area contributed by atoms with Gasteiger partial charge in [0.1, 0.15) is 6.04 Å². The smallest absolute Gasteiger partial charge is 0.243 e. The van der Waals surface area contributed by atoms with E-state index in [1.54, 1.807) is 30.3 Å². The van der Waals surface area contributed by atoms with E-state index < -0.39 is 16.1 Å². The Morgan fingerprint density at radius 3 is 2.32 bits per heavy atom. The zero-order chi connectivity index (χ0) is 20.7. The first-order chi connectivity index (χ1) is 13.3. The molecule has 0 aromatic heterocycles. The van der Waals surface area contributed by atoms with E-state index in [9.17, 15) is 18.0 Å². The van der Waals surface area contributed by atoms with Gasteiger partial charge in [0, 0.05) is 25.6 Å². The summed E-state index contributed by atoms with van der Waals surface area (Å²) in [6.07, 6.45) is 0.807. The molecular weight excluding hydrogens is 382 g/mol. The van der Waals surface area contributed by atoms with Gasteiger partial charge in [0.25, 0.3) is 0 Å². The molecule has 1 aromatic rings. The maximum absolute atomic E-state index is 12.7. The van der Waals surface area contributed by atoms with Gasteiger partial charge in [-0.25, -0.2) is 8.42 Å². The molecule has 3 N–H and O–H groups in total. The van der Waals surface area contributed by atoms with Crippen molar-refractivity contribution in [2.45, 2.75) is 37.6 Å². The van der Waals surface area contributed by atoms with Crippen LogP contribution in [-0.4, -0.2) is 61.9 Å².